The highest BCUT2D eigenvalue weighted by atomic mass is 32.2. The van der Waals surface area contributed by atoms with Crippen molar-refractivity contribution in [1.29, 1.82) is 0 Å². The van der Waals surface area contributed by atoms with Gasteiger partial charge in [-0.05, 0) is 29.5 Å². The number of hydrogen-bond acceptors (Lipinski definition) is 7. The van der Waals surface area contributed by atoms with Gasteiger partial charge in [0.05, 0.1) is 12.8 Å². The molecule has 0 saturated carbocycles. The first-order valence-corrected chi connectivity index (χ1v) is 10.6. The second-order valence-electron chi connectivity index (χ2n) is 5.50. The zero-order valence-corrected chi connectivity index (χ0v) is 17.5. The van der Waals surface area contributed by atoms with E-state index in [1.165, 1.54) is 14.0 Å². The Morgan fingerprint density at radius 2 is 1.75 bits per heavy atom. The second-order valence-corrected chi connectivity index (χ2v) is 7.51. The van der Waals surface area contributed by atoms with Crippen molar-refractivity contribution in [2.24, 2.45) is 4.99 Å². The molecule has 0 bridgehead atoms. The van der Waals surface area contributed by atoms with Crippen LogP contribution in [0.1, 0.15) is 18.1 Å². The van der Waals surface area contributed by atoms with Crippen LogP contribution in [0, 0.1) is 0 Å². The van der Waals surface area contributed by atoms with E-state index in [4.69, 9.17) is 9.47 Å². The van der Waals surface area contributed by atoms with Crippen LogP contribution in [-0.2, 0) is 24.8 Å². The van der Waals surface area contributed by atoms with E-state index in [2.05, 4.69) is 4.99 Å². The van der Waals surface area contributed by atoms with Gasteiger partial charge in [-0.1, -0.05) is 54.2 Å². The molecule has 0 heterocycles. The monoisotopic (exact) mass is 415 g/mol. The van der Waals surface area contributed by atoms with E-state index in [-0.39, 0.29) is 5.57 Å². The summed E-state index contributed by atoms with van der Waals surface area (Å²) in [5, 5.41) is 0. The third kappa shape index (κ3) is 6.58. The Kier molecular flexibility index (Phi) is 8.84. The summed E-state index contributed by atoms with van der Waals surface area (Å²) in [5.41, 5.74) is 2.65. The van der Waals surface area contributed by atoms with Gasteiger partial charge in [-0.25, -0.2) is 9.79 Å². The van der Waals surface area contributed by atoms with Gasteiger partial charge in [0.15, 0.2) is 0 Å². The minimum absolute atomic E-state index is 0.194. The first kappa shape index (κ1) is 21.8. The van der Waals surface area contributed by atoms with Gasteiger partial charge < -0.3 is 9.47 Å². The Hall–Kier alpha value is -2.51. The molecular weight excluding hydrogens is 394 g/mol. The minimum atomic E-state index is -0.568. The van der Waals surface area contributed by atoms with Gasteiger partial charge >= 0.3 is 11.9 Å². The van der Waals surface area contributed by atoms with E-state index in [0.29, 0.717) is 11.3 Å². The Bertz CT molecular complexity index is 879. The van der Waals surface area contributed by atoms with Crippen LogP contribution < -0.4 is 0 Å². The van der Waals surface area contributed by atoms with Gasteiger partial charge in [-0.3, -0.25) is 4.79 Å². The number of benzene rings is 2. The average molecular weight is 416 g/mol. The van der Waals surface area contributed by atoms with Crippen molar-refractivity contribution in [2.45, 2.75) is 12.7 Å². The number of carbonyl (C=O) groups excluding carboxylic acids is 2. The Labute approximate surface area is 173 Å². The molecule has 0 saturated heterocycles. The Balaban J connectivity index is 2.27. The highest BCUT2D eigenvalue weighted by molar-refractivity contribution is 8.38. The van der Waals surface area contributed by atoms with E-state index < -0.39 is 11.9 Å². The number of esters is 2. The maximum atomic E-state index is 12.2. The molecule has 7 heteroatoms. The third-order valence-electron chi connectivity index (χ3n) is 3.56. The minimum Gasteiger partial charge on any atom is -0.465 e. The second kappa shape index (κ2) is 11.4. The van der Waals surface area contributed by atoms with E-state index in [1.807, 2.05) is 54.8 Å². The van der Waals surface area contributed by atoms with E-state index in [1.54, 1.807) is 29.6 Å². The van der Waals surface area contributed by atoms with Gasteiger partial charge in [0, 0.05) is 12.7 Å². The van der Waals surface area contributed by atoms with Crippen molar-refractivity contribution in [3.05, 3.63) is 72.0 Å². The van der Waals surface area contributed by atoms with Gasteiger partial charge in [0.1, 0.15) is 16.2 Å². The summed E-state index contributed by atoms with van der Waals surface area (Å²) in [5.74, 6) is -0.480. The predicted molar refractivity (Wildman–Crippen MR) is 117 cm³/mol. The molecule has 2 aromatic rings. The van der Waals surface area contributed by atoms with Crippen LogP contribution >= 0.6 is 23.5 Å². The molecule has 0 aliphatic heterocycles. The topological polar surface area (TPSA) is 65.0 Å². The lowest BCUT2D eigenvalue weighted by Gasteiger charge is -2.12. The summed E-state index contributed by atoms with van der Waals surface area (Å²) in [4.78, 5) is 28.0. The Morgan fingerprint density at radius 3 is 2.39 bits per heavy atom. The number of nitrogens with zero attached hydrogens (tertiary/aromatic N) is 1. The molecule has 28 heavy (non-hydrogen) atoms. The first-order valence-electron chi connectivity index (χ1n) is 8.39. The normalized spacial score (nSPS) is 11.8. The van der Waals surface area contributed by atoms with Gasteiger partial charge in [0.25, 0.3) is 0 Å². The maximum Gasteiger partial charge on any atom is 0.341 e. The fraction of sp³-hybridized carbons (Fsp3) is 0.190. The fourth-order valence-electron chi connectivity index (χ4n) is 2.27. The van der Waals surface area contributed by atoms with E-state index in [9.17, 15) is 9.59 Å². The van der Waals surface area contributed by atoms with Crippen molar-refractivity contribution >= 4 is 51.1 Å². The zero-order chi connectivity index (χ0) is 20.4. The van der Waals surface area contributed by atoms with Crippen LogP contribution in [0.15, 0.2) is 65.9 Å². The van der Waals surface area contributed by atoms with Crippen LogP contribution in [0.5, 0.6) is 0 Å². The number of para-hydroxylation sites is 1. The number of methoxy groups -OCH3 is 1. The van der Waals surface area contributed by atoms with Gasteiger partial charge in [0.2, 0.25) is 0 Å². The largest absolute Gasteiger partial charge is 0.465 e. The lowest BCUT2D eigenvalue weighted by atomic mass is 10.0. The van der Waals surface area contributed by atoms with Crippen molar-refractivity contribution in [3.8, 4) is 0 Å². The molecule has 0 spiro atoms. The molecule has 0 aliphatic rings. The first-order chi connectivity index (χ1) is 13.5. The van der Waals surface area contributed by atoms with Crippen molar-refractivity contribution in [1.82, 2.24) is 0 Å². The molecule has 0 radical (unpaired) electrons. The summed E-state index contributed by atoms with van der Waals surface area (Å²) in [6, 6.07) is 17.2. The molecule has 2 aromatic carbocycles. The van der Waals surface area contributed by atoms with E-state index in [0.717, 1.165) is 21.9 Å². The van der Waals surface area contributed by atoms with Crippen molar-refractivity contribution < 1.29 is 19.1 Å². The summed E-state index contributed by atoms with van der Waals surface area (Å²) >= 11 is 3.13. The number of hydrogen-bond donors (Lipinski definition) is 0. The molecule has 0 aliphatic carbocycles. The molecule has 5 nitrogen and oxygen atoms in total. The predicted octanol–water partition coefficient (Wildman–Crippen LogP) is 5.05. The molecular formula is C21H21NO4S2. The quantitative estimate of drug-likeness (QED) is 0.216. The zero-order valence-electron chi connectivity index (χ0n) is 15.9. The summed E-state index contributed by atoms with van der Waals surface area (Å²) < 4.78 is 10.7. The highest BCUT2D eigenvalue weighted by Gasteiger charge is 2.17. The van der Waals surface area contributed by atoms with Crippen molar-refractivity contribution in [2.75, 3.05) is 13.4 Å². The Morgan fingerprint density at radius 1 is 1.07 bits per heavy atom. The summed E-state index contributed by atoms with van der Waals surface area (Å²) in [6.07, 6.45) is 3.12. The number of rotatable bonds is 6. The van der Waals surface area contributed by atoms with Gasteiger partial charge in [-0.15, -0.1) is 11.8 Å². The molecule has 0 N–H and O–H groups in total. The van der Waals surface area contributed by atoms with Crippen LogP contribution in [0.2, 0.25) is 0 Å². The number of thioether (sulfide) groups is 2. The number of aliphatic imine (C=N–C) groups is 1. The average Bonchev–Trinajstić information content (AvgIpc) is 2.72. The van der Waals surface area contributed by atoms with Crippen LogP contribution in [-0.4, -0.2) is 29.7 Å². The molecule has 0 atom stereocenters. The third-order valence-corrected chi connectivity index (χ3v) is 5.65. The summed E-state index contributed by atoms with van der Waals surface area (Å²) in [6.45, 7) is 1.28. The van der Waals surface area contributed by atoms with E-state index >= 15 is 0 Å². The lowest BCUT2D eigenvalue weighted by Crippen LogP contribution is -2.08. The van der Waals surface area contributed by atoms with Crippen LogP contribution in [0.3, 0.4) is 0 Å². The molecule has 0 unspecified atom stereocenters. The number of ether oxygens (including phenoxy) is 2. The van der Waals surface area contributed by atoms with Crippen LogP contribution in [0.25, 0.3) is 5.57 Å². The smallest absolute Gasteiger partial charge is 0.341 e. The van der Waals surface area contributed by atoms with Crippen LogP contribution in [0.4, 0.5) is 5.69 Å². The SMILES string of the molecule is COC(=O)C(=COC(C)=O)c1ccccc1CSC(=Nc1ccccc1)SC. The molecule has 0 aromatic heterocycles. The number of carbonyl (C=O) groups is 2. The molecule has 2 rings (SSSR count). The van der Waals surface area contributed by atoms with Crippen molar-refractivity contribution in [3.63, 3.8) is 0 Å². The fourth-order valence-corrected chi connectivity index (χ4v) is 3.81. The maximum absolute atomic E-state index is 12.2. The molecule has 146 valence electrons. The summed E-state index contributed by atoms with van der Waals surface area (Å²) in [7, 11) is 1.29. The standard InChI is InChI=1S/C21H21NO4S2/c1-15(23)26-13-19(20(24)25-2)18-12-8-7-9-16(18)14-28-21(27-3)22-17-10-5-4-6-11-17/h4-13H,14H2,1-3H3. The van der Waals surface area contributed by atoms with Gasteiger partial charge in [-0.2, -0.15) is 0 Å². The molecule has 0 amide bonds. The molecule has 0 fully saturated rings. The lowest BCUT2D eigenvalue weighted by molar-refractivity contribution is -0.135. The highest BCUT2D eigenvalue weighted by Crippen LogP contribution is 2.28.